The van der Waals surface area contributed by atoms with Crippen molar-refractivity contribution in [2.24, 2.45) is 5.73 Å². The predicted octanol–water partition coefficient (Wildman–Crippen LogP) is 2.04. The number of nitrogens with two attached hydrogens (primary N) is 1. The molecule has 27 heavy (non-hydrogen) atoms. The minimum absolute atomic E-state index is 0.0353. The Kier molecular flexibility index (Phi) is 4.99. The molecule has 0 aliphatic heterocycles. The van der Waals surface area contributed by atoms with Crippen molar-refractivity contribution in [3.63, 3.8) is 0 Å². The van der Waals surface area contributed by atoms with Crippen molar-refractivity contribution in [2.75, 3.05) is 7.11 Å². The number of carbonyl (C=O) groups is 1. The highest BCUT2D eigenvalue weighted by Crippen LogP contribution is 2.32. The molecule has 9 nitrogen and oxygen atoms in total. The maximum atomic E-state index is 12.4. The van der Waals surface area contributed by atoms with Crippen molar-refractivity contribution in [2.45, 2.75) is 6.54 Å². The summed E-state index contributed by atoms with van der Waals surface area (Å²) in [5.41, 5.74) is 4.91. The van der Waals surface area contributed by atoms with Gasteiger partial charge in [0.1, 0.15) is 16.3 Å². The number of pyridine rings is 1. The van der Waals surface area contributed by atoms with Gasteiger partial charge in [0.15, 0.2) is 0 Å². The van der Waals surface area contributed by atoms with E-state index >= 15 is 0 Å². The van der Waals surface area contributed by atoms with Gasteiger partial charge in [-0.25, -0.2) is 4.98 Å². The lowest BCUT2D eigenvalue weighted by molar-refractivity contribution is -0.385. The molecule has 0 unspecified atom stereocenters. The molecule has 2 N–H and O–H groups in total. The second-order valence-electron chi connectivity index (χ2n) is 5.51. The normalized spacial score (nSPS) is 10.6. The summed E-state index contributed by atoms with van der Waals surface area (Å²) < 4.78 is 6.37. The topological polar surface area (TPSA) is 130 Å². The fourth-order valence-corrected chi connectivity index (χ4v) is 3.35. The van der Waals surface area contributed by atoms with E-state index in [0.29, 0.717) is 16.5 Å². The Morgan fingerprint density at radius 1 is 1.41 bits per heavy atom. The van der Waals surface area contributed by atoms with Crippen LogP contribution in [0.4, 0.5) is 5.69 Å². The van der Waals surface area contributed by atoms with Crippen molar-refractivity contribution in [3.8, 4) is 16.3 Å². The highest BCUT2D eigenvalue weighted by Gasteiger charge is 2.18. The second-order valence-corrected chi connectivity index (χ2v) is 6.37. The summed E-state index contributed by atoms with van der Waals surface area (Å²) in [5, 5.41) is 13.5. The Labute approximate surface area is 156 Å². The van der Waals surface area contributed by atoms with Gasteiger partial charge >= 0.3 is 0 Å². The zero-order valence-corrected chi connectivity index (χ0v) is 14.9. The first kappa shape index (κ1) is 18.3. The Bertz CT molecular complexity index is 1090. The van der Waals surface area contributed by atoms with E-state index in [1.165, 1.54) is 11.3 Å². The van der Waals surface area contributed by atoms with Crippen LogP contribution in [0.3, 0.4) is 0 Å². The van der Waals surface area contributed by atoms with E-state index in [-0.39, 0.29) is 6.54 Å². The Balaban J connectivity index is 1.99. The molecule has 0 fully saturated rings. The first-order valence-corrected chi connectivity index (χ1v) is 8.55. The van der Waals surface area contributed by atoms with Crippen LogP contribution in [0, 0.1) is 10.1 Å². The molecule has 2 heterocycles. The third-order valence-electron chi connectivity index (χ3n) is 3.77. The van der Waals surface area contributed by atoms with Crippen LogP contribution in [0.15, 0.2) is 46.7 Å². The van der Waals surface area contributed by atoms with Crippen LogP contribution >= 0.6 is 11.3 Å². The van der Waals surface area contributed by atoms with Crippen LogP contribution in [0.25, 0.3) is 10.6 Å². The minimum atomic E-state index is -1.02. The number of ether oxygens (including phenoxy) is 1. The smallest absolute Gasteiger partial charge is 0.286 e. The van der Waals surface area contributed by atoms with E-state index in [2.05, 4.69) is 4.98 Å². The zero-order valence-electron chi connectivity index (χ0n) is 14.1. The summed E-state index contributed by atoms with van der Waals surface area (Å²) >= 11 is 1.35. The summed E-state index contributed by atoms with van der Waals surface area (Å²) in [6, 6.07) is 8.23. The van der Waals surface area contributed by atoms with Gasteiger partial charge in [0.25, 0.3) is 17.2 Å². The maximum absolute atomic E-state index is 12.4. The number of hydrogen-bond donors (Lipinski definition) is 1. The highest BCUT2D eigenvalue weighted by atomic mass is 32.1. The van der Waals surface area contributed by atoms with Gasteiger partial charge in [0, 0.05) is 11.4 Å². The van der Waals surface area contributed by atoms with Crippen molar-refractivity contribution >= 4 is 22.9 Å². The van der Waals surface area contributed by atoms with Crippen LogP contribution in [0.5, 0.6) is 5.75 Å². The molecule has 0 saturated heterocycles. The van der Waals surface area contributed by atoms with E-state index in [4.69, 9.17) is 10.5 Å². The molecule has 0 atom stereocenters. The molecule has 0 aliphatic rings. The van der Waals surface area contributed by atoms with Gasteiger partial charge in [-0.2, -0.15) is 0 Å². The summed E-state index contributed by atoms with van der Waals surface area (Å²) in [5.74, 6) is -0.368. The number of methoxy groups -OCH3 is 1. The number of hydrogen-bond acceptors (Lipinski definition) is 7. The van der Waals surface area contributed by atoms with Crippen LogP contribution in [0.2, 0.25) is 0 Å². The molecular weight excluding hydrogens is 372 g/mol. The first-order valence-electron chi connectivity index (χ1n) is 7.67. The highest BCUT2D eigenvalue weighted by molar-refractivity contribution is 7.13. The molecule has 138 valence electrons. The number of para-hydroxylation sites is 1. The first-order chi connectivity index (χ1) is 12.9. The number of carbonyl (C=O) groups excluding carboxylic acids is 1. The molecule has 0 spiro atoms. The fourth-order valence-electron chi connectivity index (χ4n) is 2.51. The third-order valence-corrected chi connectivity index (χ3v) is 4.69. The van der Waals surface area contributed by atoms with E-state index in [0.717, 1.165) is 22.4 Å². The van der Waals surface area contributed by atoms with E-state index in [1.807, 2.05) is 18.2 Å². The fraction of sp³-hybridized carbons (Fsp3) is 0.118. The van der Waals surface area contributed by atoms with Crippen molar-refractivity contribution in [3.05, 3.63) is 73.6 Å². The number of benzene rings is 1. The number of primary amides is 1. The van der Waals surface area contributed by atoms with Crippen molar-refractivity contribution in [1.29, 1.82) is 0 Å². The molecular formula is C17H14N4O5S. The van der Waals surface area contributed by atoms with Gasteiger partial charge in [0.2, 0.25) is 0 Å². The molecule has 0 saturated carbocycles. The average molecular weight is 386 g/mol. The van der Waals surface area contributed by atoms with Gasteiger partial charge < -0.3 is 15.0 Å². The van der Waals surface area contributed by atoms with E-state index < -0.39 is 27.6 Å². The Hall–Kier alpha value is -3.53. The molecule has 0 aliphatic carbocycles. The summed E-state index contributed by atoms with van der Waals surface area (Å²) in [6.07, 6.45) is 1.07. The Morgan fingerprint density at radius 3 is 2.81 bits per heavy atom. The van der Waals surface area contributed by atoms with Crippen LogP contribution in [0.1, 0.15) is 16.1 Å². The van der Waals surface area contributed by atoms with Gasteiger partial charge in [0.05, 0.1) is 36.0 Å². The molecule has 0 radical (unpaired) electrons. The maximum Gasteiger partial charge on any atom is 0.286 e. The number of amides is 1. The minimum Gasteiger partial charge on any atom is -0.496 e. The van der Waals surface area contributed by atoms with Crippen LogP contribution in [-0.2, 0) is 6.54 Å². The monoisotopic (exact) mass is 386 g/mol. The lowest BCUT2D eigenvalue weighted by atomic mass is 10.2. The predicted molar refractivity (Wildman–Crippen MR) is 99.1 cm³/mol. The lowest BCUT2D eigenvalue weighted by Crippen LogP contribution is -2.30. The molecule has 10 heteroatoms. The number of aromatic nitrogens is 2. The SMILES string of the molecule is COc1ccccc1-c1nc(Cn2cc([N+](=O)[O-])cc(C(N)=O)c2=O)cs1. The van der Waals surface area contributed by atoms with E-state index in [1.54, 1.807) is 18.6 Å². The van der Waals surface area contributed by atoms with Gasteiger partial charge in [-0.1, -0.05) is 12.1 Å². The van der Waals surface area contributed by atoms with Crippen LogP contribution < -0.4 is 16.0 Å². The van der Waals surface area contributed by atoms with Crippen molar-refractivity contribution < 1.29 is 14.5 Å². The largest absolute Gasteiger partial charge is 0.496 e. The Morgan fingerprint density at radius 2 is 2.15 bits per heavy atom. The number of thiazole rings is 1. The van der Waals surface area contributed by atoms with Crippen LogP contribution in [-0.4, -0.2) is 27.5 Å². The van der Waals surface area contributed by atoms with Gasteiger partial charge in [-0.3, -0.25) is 19.7 Å². The van der Waals surface area contributed by atoms with Gasteiger partial charge in [-0.15, -0.1) is 11.3 Å². The molecule has 3 aromatic rings. The third kappa shape index (κ3) is 3.70. The molecule has 2 aromatic heterocycles. The molecule has 1 aromatic carbocycles. The second kappa shape index (κ2) is 7.38. The molecule has 1 amide bonds. The quantitative estimate of drug-likeness (QED) is 0.509. The van der Waals surface area contributed by atoms with Gasteiger partial charge in [-0.05, 0) is 12.1 Å². The summed E-state index contributed by atoms with van der Waals surface area (Å²) in [4.78, 5) is 38.6. The van der Waals surface area contributed by atoms with Crippen molar-refractivity contribution in [1.82, 2.24) is 9.55 Å². The standard InChI is InChI=1S/C17H14N4O5S/c1-26-14-5-3-2-4-12(14)16-19-10(9-27-16)7-20-8-11(21(24)25)6-13(15(18)22)17(20)23/h2-6,8-9H,7H2,1H3,(H2,18,22). The number of nitro groups is 1. The number of rotatable bonds is 6. The average Bonchev–Trinajstić information content (AvgIpc) is 3.11. The summed E-state index contributed by atoms with van der Waals surface area (Å²) in [6.45, 7) is -0.0353. The zero-order chi connectivity index (χ0) is 19.6. The lowest BCUT2D eigenvalue weighted by Gasteiger charge is -2.06. The number of nitrogens with zero attached hydrogens (tertiary/aromatic N) is 3. The molecule has 0 bridgehead atoms. The molecule has 3 rings (SSSR count). The summed E-state index contributed by atoms with van der Waals surface area (Å²) in [7, 11) is 1.56. The van der Waals surface area contributed by atoms with E-state index in [9.17, 15) is 19.7 Å².